The maximum atomic E-state index is 11.5. The first-order valence-electron chi connectivity index (χ1n) is 6.32. The first kappa shape index (κ1) is 14.2. The van der Waals surface area contributed by atoms with Crippen molar-refractivity contribution in [3.05, 3.63) is 16.8 Å². The zero-order valence-electron chi connectivity index (χ0n) is 11.2. The number of carboxylic acid groups (broad SMARTS) is 1. The van der Waals surface area contributed by atoms with Crippen LogP contribution < -0.4 is 4.90 Å². The van der Waals surface area contributed by atoms with Crippen molar-refractivity contribution in [3.63, 3.8) is 0 Å². The minimum Gasteiger partial charge on any atom is -0.477 e. The molecule has 3 rings (SSSR count). The summed E-state index contributed by atoms with van der Waals surface area (Å²) in [5.41, 5.74) is 0.631. The third kappa shape index (κ3) is 2.46. The number of aromatic nitrogens is 2. The zero-order valence-corrected chi connectivity index (χ0v) is 12.9. The van der Waals surface area contributed by atoms with Gasteiger partial charge in [0.1, 0.15) is 21.9 Å². The van der Waals surface area contributed by atoms with Crippen molar-refractivity contribution in [1.29, 1.82) is 0 Å². The van der Waals surface area contributed by atoms with Gasteiger partial charge in [0.15, 0.2) is 9.84 Å². The zero-order chi connectivity index (χ0) is 15.2. The standard InChI is InChI=1S/C12H13N3O4S2/c1-7-8-10(15-2-4-21(18,19)5-3-15)13-6-14-11(8)20-9(7)12(16)17/h6H,2-5H2,1H3,(H,16,17). The lowest BCUT2D eigenvalue weighted by Crippen LogP contribution is -2.40. The SMILES string of the molecule is Cc1c(C(=O)O)sc2ncnc(N3CCS(=O)(=O)CC3)c12. The normalized spacial score (nSPS) is 18.0. The third-order valence-electron chi connectivity index (χ3n) is 3.55. The molecule has 1 aliphatic heterocycles. The number of carbonyl (C=O) groups is 1. The number of aryl methyl sites for hydroxylation is 1. The molecular formula is C12H13N3O4S2. The number of hydrogen-bond acceptors (Lipinski definition) is 7. The fourth-order valence-electron chi connectivity index (χ4n) is 2.42. The first-order chi connectivity index (χ1) is 9.89. The molecule has 9 heteroatoms. The van der Waals surface area contributed by atoms with Gasteiger partial charge in [-0.1, -0.05) is 0 Å². The molecule has 2 aromatic heterocycles. The van der Waals surface area contributed by atoms with Gasteiger partial charge in [-0.3, -0.25) is 0 Å². The number of rotatable bonds is 2. The van der Waals surface area contributed by atoms with Crippen molar-refractivity contribution in [3.8, 4) is 0 Å². The van der Waals surface area contributed by atoms with E-state index in [2.05, 4.69) is 9.97 Å². The molecule has 7 nitrogen and oxygen atoms in total. The highest BCUT2D eigenvalue weighted by Gasteiger charge is 2.26. The van der Waals surface area contributed by atoms with Gasteiger partial charge in [0.05, 0.1) is 16.9 Å². The van der Waals surface area contributed by atoms with Gasteiger partial charge in [-0.25, -0.2) is 23.2 Å². The Kier molecular flexibility index (Phi) is 3.33. The molecule has 0 atom stereocenters. The van der Waals surface area contributed by atoms with Gasteiger partial charge >= 0.3 is 5.97 Å². The molecule has 21 heavy (non-hydrogen) atoms. The number of nitrogens with zero attached hydrogens (tertiary/aromatic N) is 3. The summed E-state index contributed by atoms with van der Waals surface area (Å²) in [7, 11) is -2.97. The predicted molar refractivity (Wildman–Crippen MR) is 80.0 cm³/mol. The van der Waals surface area contributed by atoms with Crippen LogP contribution in [0.3, 0.4) is 0 Å². The van der Waals surface area contributed by atoms with Gasteiger partial charge in [-0.2, -0.15) is 0 Å². The van der Waals surface area contributed by atoms with Gasteiger partial charge < -0.3 is 10.0 Å². The Bertz CT molecular complexity index is 814. The lowest BCUT2D eigenvalue weighted by atomic mass is 10.2. The Balaban J connectivity index is 2.09. The molecule has 2 aromatic rings. The van der Waals surface area contributed by atoms with Gasteiger partial charge in [0.25, 0.3) is 0 Å². The van der Waals surface area contributed by atoms with Crippen LogP contribution in [-0.4, -0.2) is 54.1 Å². The lowest BCUT2D eigenvalue weighted by Gasteiger charge is -2.28. The number of hydrogen-bond donors (Lipinski definition) is 1. The van der Waals surface area contributed by atoms with Gasteiger partial charge in [-0.05, 0) is 12.5 Å². The summed E-state index contributed by atoms with van der Waals surface area (Å²) in [6.45, 7) is 2.47. The molecule has 1 aliphatic rings. The second-order valence-electron chi connectivity index (χ2n) is 4.88. The van der Waals surface area contributed by atoms with Crippen LogP contribution in [0.15, 0.2) is 6.33 Å². The molecule has 0 unspecified atom stereocenters. The molecule has 0 amide bonds. The van der Waals surface area contributed by atoms with Crippen LogP contribution in [0.5, 0.6) is 0 Å². The van der Waals surface area contributed by atoms with Crippen LogP contribution in [0.25, 0.3) is 10.2 Å². The Morgan fingerprint density at radius 1 is 1.33 bits per heavy atom. The van der Waals surface area contributed by atoms with E-state index in [1.165, 1.54) is 6.33 Å². The molecular weight excluding hydrogens is 314 g/mol. The fourth-order valence-corrected chi connectivity index (χ4v) is 4.60. The van der Waals surface area contributed by atoms with E-state index in [1.807, 2.05) is 4.90 Å². The van der Waals surface area contributed by atoms with Crippen molar-refractivity contribution in [1.82, 2.24) is 9.97 Å². The van der Waals surface area contributed by atoms with E-state index in [4.69, 9.17) is 0 Å². The van der Waals surface area contributed by atoms with Gasteiger partial charge in [-0.15, -0.1) is 11.3 Å². The summed E-state index contributed by atoms with van der Waals surface area (Å²) in [5, 5.41) is 9.91. The summed E-state index contributed by atoms with van der Waals surface area (Å²) in [6, 6.07) is 0. The number of sulfone groups is 1. The number of thiophene rings is 1. The average molecular weight is 327 g/mol. The lowest BCUT2D eigenvalue weighted by molar-refractivity contribution is 0.0701. The first-order valence-corrected chi connectivity index (χ1v) is 8.95. The van der Waals surface area contributed by atoms with E-state index < -0.39 is 15.8 Å². The van der Waals surface area contributed by atoms with E-state index in [0.29, 0.717) is 34.7 Å². The van der Waals surface area contributed by atoms with Crippen LogP contribution in [-0.2, 0) is 9.84 Å². The van der Waals surface area contributed by atoms with Crippen LogP contribution in [0.4, 0.5) is 5.82 Å². The van der Waals surface area contributed by atoms with E-state index >= 15 is 0 Å². The molecule has 0 radical (unpaired) electrons. The van der Waals surface area contributed by atoms with Crippen molar-refractivity contribution in [2.45, 2.75) is 6.92 Å². The highest BCUT2D eigenvalue weighted by atomic mass is 32.2. The molecule has 0 aliphatic carbocycles. The Labute approximate surface area is 125 Å². The molecule has 112 valence electrons. The molecule has 0 bridgehead atoms. The summed E-state index contributed by atoms with van der Waals surface area (Å²) in [5.74, 6) is -0.181. The molecule has 0 spiro atoms. The molecule has 1 saturated heterocycles. The molecule has 1 fully saturated rings. The number of carboxylic acids is 1. The van der Waals surface area contributed by atoms with Crippen LogP contribution >= 0.6 is 11.3 Å². The molecule has 0 saturated carbocycles. The number of anilines is 1. The Morgan fingerprint density at radius 2 is 2.00 bits per heavy atom. The maximum absolute atomic E-state index is 11.5. The molecule has 1 N–H and O–H groups in total. The predicted octanol–water partition coefficient (Wildman–Crippen LogP) is 0.933. The molecule has 0 aromatic carbocycles. The molecule has 3 heterocycles. The maximum Gasteiger partial charge on any atom is 0.346 e. The van der Waals surface area contributed by atoms with E-state index in [9.17, 15) is 18.3 Å². The second kappa shape index (κ2) is 4.92. The van der Waals surface area contributed by atoms with Crippen molar-refractivity contribution < 1.29 is 18.3 Å². The van der Waals surface area contributed by atoms with E-state index in [-0.39, 0.29) is 16.4 Å². The van der Waals surface area contributed by atoms with Crippen molar-refractivity contribution >= 4 is 43.2 Å². The minimum absolute atomic E-state index is 0.0907. The largest absolute Gasteiger partial charge is 0.477 e. The van der Waals surface area contributed by atoms with E-state index in [1.54, 1.807) is 6.92 Å². The summed E-state index contributed by atoms with van der Waals surface area (Å²) in [6.07, 6.45) is 1.39. The quantitative estimate of drug-likeness (QED) is 0.875. The number of aromatic carboxylic acids is 1. The summed E-state index contributed by atoms with van der Waals surface area (Å²) in [4.78, 5) is 22.4. The van der Waals surface area contributed by atoms with Crippen LogP contribution in [0, 0.1) is 6.92 Å². The Morgan fingerprint density at radius 3 is 2.62 bits per heavy atom. The Hall–Kier alpha value is -1.74. The number of fused-ring (bicyclic) bond motifs is 1. The average Bonchev–Trinajstić information content (AvgIpc) is 2.77. The topological polar surface area (TPSA) is 100 Å². The third-order valence-corrected chi connectivity index (χ3v) is 6.34. The van der Waals surface area contributed by atoms with Crippen molar-refractivity contribution in [2.24, 2.45) is 0 Å². The minimum atomic E-state index is -2.97. The monoisotopic (exact) mass is 327 g/mol. The van der Waals surface area contributed by atoms with Gasteiger partial charge in [0.2, 0.25) is 0 Å². The van der Waals surface area contributed by atoms with Crippen LogP contribution in [0.1, 0.15) is 15.2 Å². The van der Waals surface area contributed by atoms with Crippen molar-refractivity contribution in [2.75, 3.05) is 29.5 Å². The smallest absolute Gasteiger partial charge is 0.346 e. The fraction of sp³-hybridized carbons (Fsp3) is 0.417. The second-order valence-corrected chi connectivity index (χ2v) is 8.18. The van der Waals surface area contributed by atoms with E-state index in [0.717, 1.165) is 11.3 Å². The summed E-state index contributed by atoms with van der Waals surface area (Å²) >= 11 is 1.11. The highest BCUT2D eigenvalue weighted by molar-refractivity contribution is 7.91. The highest BCUT2D eigenvalue weighted by Crippen LogP contribution is 2.35. The summed E-state index contributed by atoms with van der Waals surface area (Å²) < 4.78 is 23.0. The van der Waals surface area contributed by atoms with Crippen LogP contribution in [0.2, 0.25) is 0 Å². The van der Waals surface area contributed by atoms with Gasteiger partial charge in [0, 0.05) is 13.1 Å².